The smallest absolute Gasteiger partial charge is 0.244 e. The second kappa shape index (κ2) is 11.3. The topological polar surface area (TPSA) is 98.4 Å². The van der Waals surface area contributed by atoms with Gasteiger partial charge in [0.1, 0.15) is 6.29 Å². The molecule has 5 aliphatic rings. The van der Waals surface area contributed by atoms with Crippen molar-refractivity contribution in [2.45, 2.75) is 75.7 Å². The Labute approximate surface area is 232 Å². The normalized spacial score (nSPS) is 37.4. The predicted molar refractivity (Wildman–Crippen MR) is 154 cm³/mol. The Kier molecular flexibility index (Phi) is 7.85. The quantitative estimate of drug-likeness (QED) is 0.365. The van der Waals surface area contributed by atoms with E-state index < -0.39 is 5.60 Å². The highest BCUT2D eigenvalue weighted by molar-refractivity contribution is 5.82. The van der Waals surface area contributed by atoms with Gasteiger partial charge in [-0.1, -0.05) is 12.2 Å². The number of rotatable bonds is 3. The van der Waals surface area contributed by atoms with Crippen molar-refractivity contribution < 1.29 is 9.90 Å². The van der Waals surface area contributed by atoms with E-state index in [-0.39, 0.29) is 36.5 Å². The maximum absolute atomic E-state index is 13.6. The highest BCUT2D eigenvalue weighted by Crippen LogP contribution is 2.34. The summed E-state index contributed by atoms with van der Waals surface area (Å²) in [5, 5.41) is 30.0. The Hall–Kier alpha value is -2.21. The average molecular weight is 539 g/mol. The van der Waals surface area contributed by atoms with E-state index in [0.717, 1.165) is 64.0 Å². The maximum atomic E-state index is 13.6. The summed E-state index contributed by atoms with van der Waals surface area (Å²) in [5.41, 5.74) is 1.54. The second-order valence-electron chi connectivity index (χ2n) is 12.2. The summed E-state index contributed by atoms with van der Waals surface area (Å²) in [6, 6.07) is 8.73. The number of nitrogens with zero attached hydrogens (tertiary/aromatic N) is 4. The molecule has 0 spiro atoms. The lowest BCUT2D eigenvalue weighted by atomic mass is 9.85. The van der Waals surface area contributed by atoms with Crippen molar-refractivity contribution in [3.8, 4) is 0 Å². The van der Waals surface area contributed by atoms with E-state index in [0.29, 0.717) is 13.1 Å². The summed E-state index contributed by atoms with van der Waals surface area (Å²) < 4.78 is 0. The molecule has 1 aromatic rings. The molecule has 2 bridgehead atoms. The minimum Gasteiger partial charge on any atom is -0.389 e. The number of hydrogen-bond acceptors (Lipinski definition) is 9. The van der Waals surface area contributed by atoms with Crippen LogP contribution in [0.15, 0.2) is 36.4 Å². The van der Waals surface area contributed by atoms with Gasteiger partial charge in [-0.2, -0.15) is 5.01 Å². The lowest BCUT2D eigenvalue weighted by Gasteiger charge is -2.47. The van der Waals surface area contributed by atoms with Crippen molar-refractivity contribution in [1.29, 1.82) is 0 Å². The first-order valence-corrected chi connectivity index (χ1v) is 14.9. The molecule has 0 radical (unpaired) electrons. The fourth-order valence-corrected chi connectivity index (χ4v) is 6.98. The van der Waals surface area contributed by atoms with Crippen molar-refractivity contribution in [2.24, 2.45) is 5.92 Å². The van der Waals surface area contributed by atoms with Crippen LogP contribution in [0.25, 0.3) is 0 Å². The molecule has 4 saturated heterocycles. The van der Waals surface area contributed by atoms with E-state index in [1.165, 1.54) is 12.1 Å². The van der Waals surface area contributed by atoms with Gasteiger partial charge in [-0.3, -0.25) is 25.8 Å². The van der Waals surface area contributed by atoms with E-state index in [1.54, 1.807) is 0 Å². The largest absolute Gasteiger partial charge is 0.389 e. The zero-order chi connectivity index (χ0) is 27.0. The number of benzene rings is 1. The van der Waals surface area contributed by atoms with Crippen LogP contribution in [0.5, 0.6) is 0 Å². The highest BCUT2D eigenvalue weighted by atomic mass is 16.3. The van der Waals surface area contributed by atoms with Gasteiger partial charge in [-0.05, 0) is 83.3 Å². The number of carbonyl (C=O) groups is 1. The first-order valence-electron chi connectivity index (χ1n) is 14.9. The lowest BCUT2D eigenvalue weighted by molar-refractivity contribution is -0.146. The molecule has 4 fully saturated rings. The van der Waals surface area contributed by atoms with Crippen molar-refractivity contribution in [1.82, 2.24) is 30.9 Å². The standard InChI is InChI=1S/C29H46N8O2/c1-29(39)14-4-3-5-17-36-27(38)23-20-30-28(33-26(23)37(36)25-9-6-8-24(29)32-25)31-21-10-12-22(13-11-21)35-16-7-15-34(2)18-19-35/h3,5,10-13,23-26,28,30-33,39H,4,6-9,14-20H2,1-2H3/b5-3-. The fourth-order valence-electron chi connectivity index (χ4n) is 6.98. The van der Waals surface area contributed by atoms with Crippen molar-refractivity contribution in [3.05, 3.63) is 36.4 Å². The van der Waals surface area contributed by atoms with Crippen LogP contribution >= 0.6 is 0 Å². The molecule has 6 unspecified atom stereocenters. The summed E-state index contributed by atoms with van der Waals surface area (Å²) in [5.74, 6) is -0.00361. The molecular formula is C29H46N8O2. The summed E-state index contributed by atoms with van der Waals surface area (Å²) in [6.45, 7) is 7.51. The van der Waals surface area contributed by atoms with E-state index in [2.05, 4.69) is 79.5 Å². The zero-order valence-electron chi connectivity index (χ0n) is 23.5. The van der Waals surface area contributed by atoms with Crippen LogP contribution in [-0.2, 0) is 4.79 Å². The number of amides is 1. The number of fused-ring (bicyclic) bond motifs is 6. The van der Waals surface area contributed by atoms with E-state index >= 15 is 0 Å². The van der Waals surface area contributed by atoms with Gasteiger partial charge < -0.3 is 20.2 Å². The summed E-state index contributed by atoms with van der Waals surface area (Å²) in [6.07, 6.45) is 9.55. The molecule has 214 valence electrons. The highest BCUT2D eigenvalue weighted by Gasteiger charge is 2.52. The van der Waals surface area contributed by atoms with Crippen molar-refractivity contribution >= 4 is 17.3 Å². The minimum atomic E-state index is -0.775. The Morgan fingerprint density at radius 1 is 1.03 bits per heavy atom. The molecule has 39 heavy (non-hydrogen) atoms. The molecular weight excluding hydrogens is 492 g/mol. The van der Waals surface area contributed by atoms with Crippen LogP contribution in [-0.4, -0.2) is 103 Å². The number of carbonyl (C=O) groups excluding carboxylic acids is 1. The molecule has 1 amide bonds. The molecule has 6 atom stereocenters. The molecule has 0 aromatic heterocycles. The van der Waals surface area contributed by atoms with Crippen LogP contribution in [0.1, 0.15) is 45.4 Å². The Balaban J connectivity index is 1.16. The fraction of sp³-hybridized carbons (Fsp3) is 0.690. The van der Waals surface area contributed by atoms with Crippen LogP contribution in [0, 0.1) is 5.92 Å². The number of nitrogens with one attached hydrogen (secondary N) is 4. The van der Waals surface area contributed by atoms with Crippen LogP contribution in [0.2, 0.25) is 0 Å². The van der Waals surface area contributed by atoms with Crippen LogP contribution in [0.3, 0.4) is 0 Å². The monoisotopic (exact) mass is 538 g/mol. The molecule has 10 heteroatoms. The first kappa shape index (κ1) is 27.0. The molecule has 5 aliphatic heterocycles. The van der Waals surface area contributed by atoms with Crippen LogP contribution in [0.4, 0.5) is 11.4 Å². The molecule has 5 N–H and O–H groups in total. The van der Waals surface area contributed by atoms with Crippen molar-refractivity contribution in [2.75, 3.05) is 56.5 Å². The number of hydrogen-bond donors (Lipinski definition) is 5. The molecule has 10 nitrogen and oxygen atoms in total. The number of likely N-dealkylation sites (N-methyl/N-ethyl adjacent to an activating group) is 1. The molecule has 5 heterocycles. The third kappa shape index (κ3) is 5.68. The average Bonchev–Trinajstić information content (AvgIpc) is 3.05. The number of aliphatic hydroxyl groups is 1. The van der Waals surface area contributed by atoms with E-state index in [9.17, 15) is 9.90 Å². The second-order valence-corrected chi connectivity index (χ2v) is 12.2. The third-order valence-electron chi connectivity index (χ3n) is 9.35. The summed E-state index contributed by atoms with van der Waals surface area (Å²) in [7, 11) is 2.20. The Morgan fingerprint density at radius 2 is 1.87 bits per heavy atom. The van der Waals surface area contributed by atoms with Gasteiger partial charge in [0.25, 0.3) is 0 Å². The molecule has 0 saturated carbocycles. The number of hydrazine groups is 1. The number of anilines is 2. The van der Waals surface area contributed by atoms with Gasteiger partial charge >= 0.3 is 0 Å². The number of piperidine rings is 1. The van der Waals surface area contributed by atoms with Crippen LogP contribution < -0.4 is 26.2 Å². The molecule has 6 rings (SSSR count). The Morgan fingerprint density at radius 3 is 2.72 bits per heavy atom. The third-order valence-corrected chi connectivity index (χ3v) is 9.35. The predicted octanol–water partition coefficient (Wildman–Crippen LogP) is 1.29. The van der Waals surface area contributed by atoms with E-state index in [4.69, 9.17) is 0 Å². The van der Waals surface area contributed by atoms with E-state index in [1.807, 2.05) is 11.9 Å². The van der Waals surface area contributed by atoms with Gasteiger partial charge in [0.15, 0.2) is 0 Å². The minimum absolute atomic E-state index is 0.00104. The summed E-state index contributed by atoms with van der Waals surface area (Å²) in [4.78, 5) is 18.4. The van der Waals surface area contributed by atoms with Gasteiger partial charge in [0.2, 0.25) is 5.91 Å². The van der Waals surface area contributed by atoms with Gasteiger partial charge in [-0.15, -0.1) is 0 Å². The zero-order valence-corrected chi connectivity index (χ0v) is 23.5. The van der Waals surface area contributed by atoms with Gasteiger partial charge in [0.05, 0.1) is 30.4 Å². The maximum Gasteiger partial charge on any atom is 0.244 e. The molecule has 0 aliphatic carbocycles. The van der Waals surface area contributed by atoms with Crippen molar-refractivity contribution in [3.63, 3.8) is 0 Å². The molecule has 1 aromatic carbocycles. The van der Waals surface area contributed by atoms with Gasteiger partial charge in [-0.25, -0.2) is 0 Å². The van der Waals surface area contributed by atoms with Gasteiger partial charge in [0, 0.05) is 43.6 Å². The Bertz CT molecular complexity index is 1030. The first-order chi connectivity index (χ1) is 18.9. The SMILES string of the molecule is CN1CCCN(c2ccc(NC3NCC4C(=O)N5C/C=C\CCC(C)(O)C6CCCC(N6)N5C4N3)cc2)CC1. The number of allylic oxidation sites excluding steroid dienone is 1. The summed E-state index contributed by atoms with van der Waals surface area (Å²) >= 11 is 0. The lowest BCUT2D eigenvalue weighted by Crippen LogP contribution is -2.69.